The fourth-order valence-corrected chi connectivity index (χ4v) is 4.10. The lowest BCUT2D eigenvalue weighted by Gasteiger charge is -2.15. The van der Waals surface area contributed by atoms with E-state index in [0.29, 0.717) is 5.82 Å². The second-order valence-electron chi connectivity index (χ2n) is 6.09. The highest BCUT2D eigenvalue weighted by Crippen LogP contribution is 2.20. The van der Waals surface area contributed by atoms with Crippen LogP contribution in [-0.4, -0.2) is 23.2 Å². The standard InChI is InChI=1S/C16H22N4O2S/c1-12-7-9-14(10-8-12)23(21,22)19-13(2)16-18-17-15-6-4-3-5-11-20(15)16/h7-10,13,19H,3-6,11H2,1-2H3/t13-/m0/s1. The van der Waals surface area contributed by atoms with E-state index in [-0.39, 0.29) is 4.90 Å². The van der Waals surface area contributed by atoms with Gasteiger partial charge in [0.25, 0.3) is 0 Å². The minimum atomic E-state index is -3.57. The monoisotopic (exact) mass is 334 g/mol. The Morgan fingerprint density at radius 3 is 2.61 bits per heavy atom. The number of fused-ring (bicyclic) bond motifs is 1. The third kappa shape index (κ3) is 3.45. The smallest absolute Gasteiger partial charge is 0.241 e. The summed E-state index contributed by atoms with van der Waals surface area (Å²) in [4.78, 5) is 0.269. The largest absolute Gasteiger partial charge is 0.314 e. The number of aromatic nitrogens is 3. The summed E-state index contributed by atoms with van der Waals surface area (Å²) < 4.78 is 29.8. The topological polar surface area (TPSA) is 76.9 Å². The quantitative estimate of drug-likeness (QED) is 0.931. The van der Waals surface area contributed by atoms with Gasteiger partial charge in [0.2, 0.25) is 10.0 Å². The number of rotatable bonds is 4. The summed E-state index contributed by atoms with van der Waals surface area (Å²) in [6, 6.07) is 6.41. The Labute approximate surface area is 137 Å². The molecule has 23 heavy (non-hydrogen) atoms. The fraction of sp³-hybridized carbons (Fsp3) is 0.500. The summed E-state index contributed by atoms with van der Waals surface area (Å²) in [5.74, 6) is 1.65. The van der Waals surface area contributed by atoms with Crippen LogP contribution in [0.5, 0.6) is 0 Å². The van der Waals surface area contributed by atoms with Gasteiger partial charge in [-0.1, -0.05) is 24.1 Å². The van der Waals surface area contributed by atoms with Crippen LogP contribution in [0.3, 0.4) is 0 Å². The van der Waals surface area contributed by atoms with Crippen LogP contribution < -0.4 is 4.72 Å². The third-order valence-electron chi connectivity index (χ3n) is 4.19. The van der Waals surface area contributed by atoms with Crippen molar-refractivity contribution in [1.82, 2.24) is 19.5 Å². The predicted molar refractivity (Wildman–Crippen MR) is 87.5 cm³/mol. The maximum Gasteiger partial charge on any atom is 0.241 e. The van der Waals surface area contributed by atoms with Gasteiger partial charge in [0.15, 0.2) is 5.82 Å². The van der Waals surface area contributed by atoms with E-state index in [9.17, 15) is 8.42 Å². The Hall–Kier alpha value is -1.73. The van der Waals surface area contributed by atoms with Crippen LogP contribution in [0, 0.1) is 6.92 Å². The van der Waals surface area contributed by atoms with Gasteiger partial charge in [0.1, 0.15) is 5.82 Å². The van der Waals surface area contributed by atoms with E-state index >= 15 is 0 Å². The molecule has 1 aromatic heterocycles. The molecule has 0 spiro atoms. The lowest BCUT2D eigenvalue weighted by atomic mass is 10.2. The van der Waals surface area contributed by atoms with Gasteiger partial charge in [-0.05, 0) is 38.8 Å². The van der Waals surface area contributed by atoms with Crippen LogP contribution in [0.15, 0.2) is 29.2 Å². The zero-order chi connectivity index (χ0) is 16.4. The molecule has 0 radical (unpaired) electrons. The van der Waals surface area contributed by atoms with Crippen LogP contribution in [0.2, 0.25) is 0 Å². The average Bonchev–Trinajstić information content (AvgIpc) is 2.76. The summed E-state index contributed by atoms with van der Waals surface area (Å²) in [6.07, 6.45) is 4.27. The number of hydrogen-bond acceptors (Lipinski definition) is 4. The maximum atomic E-state index is 12.5. The first-order valence-electron chi connectivity index (χ1n) is 7.98. The van der Waals surface area contributed by atoms with Gasteiger partial charge >= 0.3 is 0 Å². The van der Waals surface area contributed by atoms with Gasteiger partial charge < -0.3 is 4.57 Å². The van der Waals surface area contributed by atoms with E-state index < -0.39 is 16.1 Å². The average molecular weight is 334 g/mol. The van der Waals surface area contributed by atoms with E-state index in [0.717, 1.165) is 37.2 Å². The van der Waals surface area contributed by atoms with Crippen molar-refractivity contribution in [3.05, 3.63) is 41.5 Å². The molecule has 1 aliphatic rings. The van der Waals surface area contributed by atoms with Gasteiger partial charge in [-0.15, -0.1) is 10.2 Å². The van der Waals surface area contributed by atoms with Crippen molar-refractivity contribution in [3.63, 3.8) is 0 Å². The number of aryl methyl sites for hydroxylation is 2. The molecule has 0 saturated heterocycles. The second-order valence-corrected chi connectivity index (χ2v) is 7.81. The molecule has 0 amide bonds. The van der Waals surface area contributed by atoms with Gasteiger partial charge in [0.05, 0.1) is 10.9 Å². The Kier molecular flexibility index (Phi) is 4.50. The van der Waals surface area contributed by atoms with Crippen molar-refractivity contribution in [2.45, 2.75) is 57.0 Å². The van der Waals surface area contributed by atoms with E-state index in [1.165, 1.54) is 6.42 Å². The highest BCUT2D eigenvalue weighted by atomic mass is 32.2. The molecule has 6 nitrogen and oxygen atoms in total. The Balaban J connectivity index is 1.83. The molecule has 7 heteroatoms. The predicted octanol–water partition coefficient (Wildman–Crippen LogP) is 2.35. The normalized spacial score (nSPS) is 16.6. The summed E-state index contributed by atoms with van der Waals surface area (Å²) in [5.41, 5.74) is 1.03. The van der Waals surface area contributed by atoms with Crippen molar-refractivity contribution in [1.29, 1.82) is 0 Å². The molecule has 0 fully saturated rings. The lowest BCUT2D eigenvalue weighted by molar-refractivity contribution is 0.534. The van der Waals surface area contributed by atoms with Crippen LogP contribution in [-0.2, 0) is 23.0 Å². The van der Waals surface area contributed by atoms with Gasteiger partial charge in [-0.25, -0.2) is 13.1 Å². The van der Waals surface area contributed by atoms with Crippen LogP contribution >= 0.6 is 0 Å². The molecule has 1 atom stereocenters. The Morgan fingerprint density at radius 1 is 1.13 bits per heavy atom. The first kappa shape index (κ1) is 16.1. The van der Waals surface area contributed by atoms with Crippen molar-refractivity contribution >= 4 is 10.0 Å². The Bertz CT molecular complexity index is 781. The zero-order valence-corrected chi connectivity index (χ0v) is 14.3. The van der Waals surface area contributed by atoms with Crippen molar-refractivity contribution in [3.8, 4) is 0 Å². The fourth-order valence-electron chi connectivity index (χ4n) is 2.90. The number of nitrogens with one attached hydrogen (secondary N) is 1. The van der Waals surface area contributed by atoms with Crippen LogP contribution in [0.4, 0.5) is 0 Å². The summed E-state index contributed by atoms with van der Waals surface area (Å²) in [7, 11) is -3.57. The molecule has 0 aliphatic carbocycles. The minimum absolute atomic E-state index is 0.269. The first-order valence-corrected chi connectivity index (χ1v) is 9.47. The molecule has 2 heterocycles. The molecular weight excluding hydrogens is 312 g/mol. The first-order chi connectivity index (χ1) is 11.0. The molecule has 124 valence electrons. The van der Waals surface area contributed by atoms with E-state index in [4.69, 9.17) is 0 Å². The van der Waals surface area contributed by atoms with Crippen molar-refractivity contribution < 1.29 is 8.42 Å². The lowest BCUT2D eigenvalue weighted by Crippen LogP contribution is -2.29. The van der Waals surface area contributed by atoms with Gasteiger partial charge in [-0.3, -0.25) is 0 Å². The van der Waals surface area contributed by atoms with Crippen molar-refractivity contribution in [2.24, 2.45) is 0 Å². The number of benzene rings is 1. The molecular formula is C16H22N4O2S. The molecule has 2 aromatic rings. The van der Waals surface area contributed by atoms with Crippen LogP contribution in [0.25, 0.3) is 0 Å². The van der Waals surface area contributed by atoms with Gasteiger partial charge in [0, 0.05) is 13.0 Å². The molecule has 1 aliphatic heterocycles. The number of nitrogens with zero attached hydrogens (tertiary/aromatic N) is 3. The van der Waals surface area contributed by atoms with E-state index in [1.807, 2.05) is 13.8 Å². The van der Waals surface area contributed by atoms with E-state index in [1.54, 1.807) is 24.3 Å². The highest BCUT2D eigenvalue weighted by Gasteiger charge is 2.24. The van der Waals surface area contributed by atoms with Crippen molar-refractivity contribution in [2.75, 3.05) is 0 Å². The minimum Gasteiger partial charge on any atom is -0.314 e. The summed E-state index contributed by atoms with van der Waals surface area (Å²) in [5, 5.41) is 8.45. The van der Waals surface area contributed by atoms with Crippen LogP contribution in [0.1, 0.15) is 49.4 Å². The molecule has 1 aromatic carbocycles. The van der Waals surface area contributed by atoms with Gasteiger partial charge in [-0.2, -0.15) is 0 Å². The maximum absolute atomic E-state index is 12.5. The summed E-state index contributed by atoms with van der Waals surface area (Å²) >= 11 is 0. The number of hydrogen-bond donors (Lipinski definition) is 1. The second kappa shape index (κ2) is 6.41. The summed E-state index contributed by atoms with van der Waals surface area (Å²) in [6.45, 7) is 4.60. The number of sulfonamides is 1. The van der Waals surface area contributed by atoms with E-state index in [2.05, 4.69) is 19.5 Å². The zero-order valence-electron chi connectivity index (χ0n) is 13.5. The molecule has 0 bridgehead atoms. The molecule has 1 N–H and O–H groups in total. The molecule has 3 rings (SSSR count). The third-order valence-corrected chi connectivity index (χ3v) is 5.75. The highest BCUT2D eigenvalue weighted by molar-refractivity contribution is 7.89. The SMILES string of the molecule is Cc1ccc(S(=O)(=O)N[C@@H](C)c2nnc3n2CCCCC3)cc1. The molecule has 0 saturated carbocycles. The Morgan fingerprint density at radius 2 is 1.87 bits per heavy atom. The molecule has 0 unspecified atom stereocenters.